The molecule has 0 aliphatic carbocycles. The van der Waals surface area contributed by atoms with Crippen LogP contribution < -0.4 is 0 Å². The fraction of sp³-hybridized carbons (Fsp3) is 0. The van der Waals surface area contributed by atoms with E-state index in [0.717, 1.165) is 12.1 Å². The van der Waals surface area contributed by atoms with Crippen LogP contribution in [0.25, 0.3) is 11.6 Å². The molecule has 0 heterocycles. The Hall–Kier alpha value is -1.89. The van der Waals surface area contributed by atoms with Crippen molar-refractivity contribution in [3.63, 3.8) is 0 Å². The molecule has 2 rings (SSSR count). The largest absolute Gasteiger partial charge is 0.206 e. The summed E-state index contributed by atoms with van der Waals surface area (Å²) in [5.41, 5.74) is 0.457. The minimum atomic E-state index is -0.782. The number of halogens is 4. The lowest BCUT2D eigenvalue weighted by Gasteiger charge is -2.04. The fourth-order valence-corrected chi connectivity index (χ4v) is 2.01. The van der Waals surface area contributed by atoms with E-state index in [-0.39, 0.29) is 16.2 Å². The molecular formula is C15H7Cl2F2N. The van der Waals surface area contributed by atoms with E-state index < -0.39 is 11.6 Å². The number of hydrogen-bond donors (Lipinski definition) is 0. The number of rotatable bonds is 2. The van der Waals surface area contributed by atoms with Gasteiger partial charge in [0.1, 0.15) is 11.6 Å². The maximum atomic E-state index is 13.8. The maximum Gasteiger partial charge on any atom is 0.142 e. The van der Waals surface area contributed by atoms with Gasteiger partial charge in [-0.3, -0.25) is 0 Å². The Labute approximate surface area is 124 Å². The van der Waals surface area contributed by atoms with Crippen molar-refractivity contribution < 1.29 is 8.78 Å². The summed E-state index contributed by atoms with van der Waals surface area (Å²) in [7, 11) is 0. The molecule has 0 N–H and O–H groups in total. The molecule has 0 spiro atoms. The molecule has 0 unspecified atom stereocenters. The van der Waals surface area contributed by atoms with Crippen LogP contribution in [0.2, 0.25) is 10.0 Å². The van der Waals surface area contributed by atoms with E-state index in [1.807, 2.05) is 6.07 Å². The first-order valence-electron chi connectivity index (χ1n) is 5.53. The van der Waals surface area contributed by atoms with Crippen molar-refractivity contribution in [2.75, 3.05) is 0 Å². The SMILES string of the molecule is N#C/C(=C\c1cccc(Cl)c1)c1cc(F)c(Cl)cc1F. The van der Waals surface area contributed by atoms with Crippen LogP contribution >= 0.6 is 23.2 Å². The third-order valence-electron chi connectivity index (χ3n) is 2.58. The fourth-order valence-electron chi connectivity index (χ4n) is 1.66. The highest BCUT2D eigenvalue weighted by Gasteiger charge is 2.12. The normalized spacial score (nSPS) is 11.2. The molecule has 2 aromatic rings. The van der Waals surface area contributed by atoms with Gasteiger partial charge in [0.2, 0.25) is 0 Å². The van der Waals surface area contributed by atoms with Crippen molar-refractivity contribution in [1.29, 1.82) is 5.26 Å². The van der Waals surface area contributed by atoms with Crippen LogP contribution in [0.1, 0.15) is 11.1 Å². The zero-order chi connectivity index (χ0) is 14.7. The molecule has 2 aromatic carbocycles. The van der Waals surface area contributed by atoms with Gasteiger partial charge in [0, 0.05) is 10.6 Å². The first kappa shape index (κ1) is 14.5. The lowest BCUT2D eigenvalue weighted by molar-refractivity contribution is 0.598. The molecule has 0 fully saturated rings. The Bertz CT molecular complexity index is 733. The van der Waals surface area contributed by atoms with E-state index in [2.05, 4.69) is 0 Å². The zero-order valence-electron chi connectivity index (χ0n) is 10.0. The summed E-state index contributed by atoms with van der Waals surface area (Å²) in [5, 5.41) is 9.28. The standard InChI is InChI=1S/C15H7Cl2F2N/c16-11-3-1-2-9(5-11)4-10(8-20)12-6-15(19)13(17)7-14(12)18/h1-7H/b10-4+. The zero-order valence-corrected chi connectivity index (χ0v) is 11.5. The molecule has 0 bridgehead atoms. The van der Waals surface area contributed by atoms with E-state index in [1.165, 1.54) is 6.08 Å². The molecule has 0 aliphatic heterocycles. The van der Waals surface area contributed by atoms with E-state index in [0.29, 0.717) is 10.6 Å². The highest BCUT2D eigenvalue weighted by molar-refractivity contribution is 6.31. The topological polar surface area (TPSA) is 23.8 Å². The lowest BCUT2D eigenvalue weighted by Crippen LogP contribution is -1.91. The molecule has 0 atom stereocenters. The number of allylic oxidation sites excluding steroid dienone is 1. The monoisotopic (exact) mass is 309 g/mol. The van der Waals surface area contributed by atoms with Crippen molar-refractivity contribution in [1.82, 2.24) is 0 Å². The first-order valence-corrected chi connectivity index (χ1v) is 6.29. The molecule has 5 heteroatoms. The minimum Gasteiger partial charge on any atom is -0.206 e. The Morgan fingerprint density at radius 2 is 1.85 bits per heavy atom. The molecule has 0 amide bonds. The predicted molar refractivity (Wildman–Crippen MR) is 76.3 cm³/mol. The Morgan fingerprint density at radius 3 is 2.50 bits per heavy atom. The second-order valence-corrected chi connectivity index (χ2v) is 4.81. The van der Waals surface area contributed by atoms with Gasteiger partial charge in [-0.05, 0) is 35.9 Å². The van der Waals surface area contributed by atoms with Gasteiger partial charge < -0.3 is 0 Å². The molecule has 0 aliphatic rings. The molecule has 0 radical (unpaired) electrons. The van der Waals surface area contributed by atoms with Gasteiger partial charge in [-0.1, -0.05) is 35.3 Å². The van der Waals surface area contributed by atoms with Gasteiger partial charge >= 0.3 is 0 Å². The van der Waals surface area contributed by atoms with Gasteiger partial charge in [0.25, 0.3) is 0 Å². The van der Waals surface area contributed by atoms with Crippen LogP contribution in [-0.2, 0) is 0 Å². The van der Waals surface area contributed by atoms with E-state index in [1.54, 1.807) is 24.3 Å². The van der Waals surface area contributed by atoms with Crippen LogP contribution in [0.4, 0.5) is 8.78 Å². The number of benzene rings is 2. The summed E-state index contributed by atoms with van der Waals surface area (Å²) in [4.78, 5) is 0. The summed E-state index contributed by atoms with van der Waals surface area (Å²) in [6.45, 7) is 0. The first-order chi connectivity index (χ1) is 9.51. The highest BCUT2D eigenvalue weighted by atomic mass is 35.5. The second kappa shape index (κ2) is 6.04. The molecular weight excluding hydrogens is 303 g/mol. The molecule has 0 saturated carbocycles. The number of hydrogen-bond acceptors (Lipinski definition) is 1. The average molecular weight is 310 g/mol. The van der Waals surface area contributed by atoms with Crippen molar-refractivity contribution in [2.45, 2.75) is 0 Å². The summed E-state index contributed by atoms with van der Waals surface area (Å²) >= 11 is 11.3. The second-order valence-electron chi connectivity index (χ2n) is 3.97. The van der Waals surface area contributed by atoms with Gasteiger partial charge in [-0.2, -0.15) is 5.26 Å². The Balaban J connectivity index is 2.54. The maximum absolute atomic E-state index is 13.8. The van der Waals surface area contributed by atoms with Gasteiger partial charge in [0.15, 0.2) is 0 Å². The highest BCUT2D eigenvalue weighted by Crippen LogP contribution is 2.26. The van der Waals surface area contributed by atoms with Crippen molar-refractivity contribution in [2.24, 2.45) is 0 Å². The van der Waals surface area contributed by atoms with E-state index >= 15 is 0 Å². The molecule has 1 nitrogen and oxygen atoms in total. The van der Waals surface area contributed by atoms with E-state index in [9.17, 15) is 8.78 Å². The molecule has 100 valence electrons. The minimum absolute atomic E-state index is 0.0136. The summed E-state index contributed by atoms with van der Waals surface area (Å²) in [6.07, 6.45) is 1.43. The third kappa shape index (κ3) is 3.16. The van der Waals surface area contributed by atoms with Crippen molar-refractivity contribution in [3.05, 3.63) is 69.2 Å². The Morgan fingerprint density at radius 1 is 1.10 bits per heavy atom. The number of nitriles is 1. The quantitative estimate of drug-likeness (QED) is 0.417. The summed E-state index contributed by atoms with van der Waals surface area (Å²) in [6, 6.07) is 10.3. The van der Waals surface area contributed by atoms with Gasteiger partial charge in [0.05, 0.1) is 16.7 Å². The van der Waals surface area contributed by atoms with Crippen LogP contribution in [-0.4, -0.2) is 0 Å². The molecule has 20 heavy (non-hydrogen) atoms. The Kier molecular flexibility index (Phi) is 4.39. The average Bonchev–Trinajstić information content (AvgIpc) is 2.40. The summed E-state index contributed by atoms with van der Waals surface area (Å²) < 4.78 is 27.2. The smallest absolute Gasteiger partial charge is 0.142 e. The van der Waals surface area contributed by atoms with E-state index in [4.69, 9.17) is 28.5 Å². The molecule has 0 aromatic heterocycles. The van der Waals surface area contributed by atoms with Crippen LogP contribution in [0.3, 0.4) is 0 Å². The predicted octanol–water partition coefficient (Wildman–Crippen LogP) is 5.34. The van der Waals surface area contributed by atoms with Gasteiger partial charge in [-0.25, -0.2) is 8.78 Å². The van der Waals surface area contributed by atoms with Crippen LogP contribution in [0.15, 0.2) is 36.4 Å². The van der Waals surface area contributed by atoms with Crippen LogP contribution in [0.5, 0.6) is 0 Å². The van der Waals surface area contributed by atoms with Gasteiger partial charge in [-0.15, -0.1) is 0 Å². The van der Waals surface area contributed by atoms with Crippen molar-refractivity contribution >= 4 is 34.9 Å². The third-order valence-corrected chi connectivity index (χ3v) is 3.11. The lowest BCUT2D eigenvalue weighted by atomic mass is 10.0. The summed E-state index contributed by atoms with van der Waals surface area (Å²) in [5.74, 6) is -1.54. The molecule has 0 saturated heterocycles. The van der Waals surface area contributed by atoms with Crippen molar-refractivity contribution in [3.8, 4) is 6.07 Å². The number of nitrogens with zero attached hydrogens (tertiary/aromatic N) is 1. The van der Waals surface area contributed by atoms with Crippen LogP contribution in [0, 0.1) is 23.0 Å².